The first-order chi connectivity index (χ1) is 11.1. The van der Waals surface area contributed by atoms with Crippen molar-refractivity contribution in [2.24, 2.45) is 10.9 Å². The number of nitrogens with zero attached hydrogens (tertiary/aromatic N) is 2. The number of carbonyl (C=O) groups excluding carboxylic acids is 2. The Morgan fingerprint density at radius 1 is 1.30 bits per heavy atom. The second kappa shape index (κ2) is 6.81. The van der Waals surface area contributed by atoms with Crippen LogP contribution in [0.5, 0.6) is 0 Å². The van der Waals surface area contributed by atoms with E-state index >= 15 is 0 Å². The SMILES string of the molecule is Cc1ccc(N2NC(C(=O)NCC3CCCC3)=NCC2=O)cc1. The van der Waals surface area contributed by atoms with Crippen molar-refractivity contribution in [1.29, 1.82) is 0 Å². The molecule has 6 nitrogen and oxygen atoms in total. The fourth-order valence-corrected chi connectivity index (χ4v) is 2.98. The number of benzene rings is 1. The molecule has 122 valence electrons. The zero-order valence-corrected chi connectivity index (χ0v) is 13.3. The summed E-state index contributed by atoms with van der Waals surface area (Å²) in [5.41, 5.74) is 4.65. The normalized spacial score (nSPS) is 18.6. The summed E-state index contributed by atoms with van der Waals surface area (Å²) in [5.74, 6) is 0.337. The zero-order chi connectivity index (χ0) is 16.2. The van der Waals surface area contributed by atoms with Crippen LogP contribution in [-0.2, 0) is 9.59 Å². The summed E-state index contributed by atoms with van der Waals surface area (Å²) in [4.78, 5) is 28.3. The van der Waals surface area contributed by atoms with Gasteiger partial charge < -0.3 is 5.32 Å². The second-order valence-electron chi connectivity index (χ2n) is 6.20. The van der Waals surface area contributed by atoms with Gasteiger partial charge in [0.2, 0.25) is 5.84 Å². The molecule has 1 aromatic carbocycles. The van der Waals surface area contributed by atoms with Crippen LogP contribution in [0.4, 0.5) is 5.69 Å². The molecule has 0 radical (unpaired) electrons. The minimum atomic E-state index is -0.249. The first-order valence-corrected chi connectivity index (χ1v) is 8.12. The molecular formula is C17H22N4O2. The van der Waals surface area contributed by atoms with E-state index in [0.717, 1.165) is 5.56 Å². The zero-order valence-electron chi connectivity index (χ0n) is 13.3. The number of hydrogen-bond donors (Lipinski definition) is 2. The van der Waals surface area contributed by atoms with Crippen molar-refractivity contribution in [3.63, 3.8) is 0 Å². The molecule has 1 heterocycles. The fourth-order valence-electron chi connectivity index (χ4n) is 2.98. The van der Waals surface area contributed by atoms with Crippen molar-refractivity contribution < 1.29 is 9.59 Å². The Bertz CT molecular complexity index is 618. The van der Waals surface area contributed by atoms with Crippen molar-refractivity contribution in [2.75, 3.05) is 18.1 Å². The molecule has 2 N–H and O–H groups in total. The monoisotopic (exact) mass is 314 g/mol. The average molecular weight is 314 g/mol. The summed E-state index contributed by atoms with van der Waals surface area (Å²) in [6.07, 6.45) is 4.84. The largest absolute Gasteiger partial charge is 0.349 e. The number of aliphatic imine (C=N–C) groups is 1. The summed E-state index contributed by atoms with van der Waals surface area (Å²) in [6.45, 7) is 2.64. The molecule has 1 fully saturated rings. The third kappa shape index (κ3) is 3.70. The second-order valence-corrected chi connectivity index (χ2v) is 6.20. The lowest BCUT2D eigenvalue weighted by Crippen LogP contribution is -2.56. The Hall–Kier alpha value is -2.37. The van der Waals surface area contributed by atoms with E-state index in [1.807, 2.05) is 31.2 Å². The van der Waals surface area contributed by atoms with Gasteiger partial charge in [-0.15, -0.1) is 0 Å². The van der Waals surface area contributed by atoms with Crippen molar-refractivity contribution in [1.82, 2.24) is 10.7 Å². The molecule has 23 heavy (non-hydrogen) atoms. The van der Waals surface area contributed by atoms with Gasteiger partial charge in [-0.05, 0) is 37.8 Å². The first-order valence-electron chi connectivity index (χ1n) is 8.12. The predicted octanol–water partition coefficient (Wildman–Crippen LogP) is 1.55. The number of aryl methyl sites for hydroxylation is 1. The lowest BCUT2D eigenvalue weighted by atomic mass is 10.1. The molecule has 0 atom stereocenters. The van der Waals surface area contributed by atoms with Crippen molar-refractivity contribution >= 4 is 23.3 Å². The van der Waals surface area contributed by atoms with Crippen LogP contribution in [0.3, 0.4) is 0 Å². The van der Waals surface area contributed by atoms with Gasteiger partial charge in [0.1, 0.15) is 6.54 Å². The van der Waals surface area contributed by atoms with Crippen LogP contribution < -0.4 is 15.8 Å². The van der Waals surface area contributed by atoms with Gasteiger partial charge in [0, 0.05) is 6.54 Å². The van der Waals surface area contributed by atoms with Gasteiger partial charge in [0.25, 0.3) is 11.8 Å². The number of amidine groups is 1. The summed E-state index contributed by atoms with van der Waals surface area (Å²) in [5, 5.41) is 4.31. The topological polar surface area (TPSA) is 73.8 Å². The molecule has 0 aromatic heterocycles. The van der Waals surface area contributed by atoms with E-state index in [-0.39, 0.29) is 24.2 Å². The smallest absolute Gasteiger partial charge is 0.288 e. The molecular weight excluding hydrogens is 292 g/mol. The molecule has 3 rings (SSSR count). The van der Waals surface area contributed by atoms with E-state index in [1.165, 1.54) is 30.7 Å². The molecule has 1 aliphatic carbocycles. The predicted molar refractivity (Wildman–Crippen MR) is 89.1 cm³/mol. The lowest BCUT2D eigenvalue weighted by molar-refractivity contribution is -0.118. The molecule has 1 aromatic rings. The van der Waals surface area contributed by atoms with E-state index < -0.39 is 0 Å². The summed E-state index contributed by atoms with van der Waals surface area (Å²) >= 11 is 0. The summed E-state index contributed by atoms with van der Waals surface area (Å²) in [7, 11) is 0. The first kappa shape index (κ1) is 15.5. The molecule has 2 aliphatic rings. The lowest BCUT2D eigenvalue weighted by Gasteiger charge is -2.27. The molecule has 0 spiro atoms. The van der Waals surface area contributed by atoms with Crippen molar-refractivity contribution in [2.45, 2.75) is 32.6 Å². The van der Waals surface area contributed by atoms with Gasteiger partial charge >= 0.3 is 0 Å². The van der Waals surface area contributed by atoms with Gasteiger partial charge in [-0.3, -0.25) is 20.0 Å². The van der Waals surface area contributed by atoms with E-state index in [1.54, 1.807) is 0 Å². The van der Waals surface area contributed by atoms with E-state index in [4.69, 9.17) is 0 Å². The van der Waals surface area contributed by atoms with Crippen LogP contribution >= 0.6 is 0 Å². The maximum atomic E-state index is 12.3. The Balaban J connectivity index is 1.63. The Kier molecular flexibility index (Phi) is 4.60. The molecule has 0 bridgehead atoms. The minimum absolute atomic E-state index is 0.0208. The Morgan fingerprint density at radius 3 is 2.70 bits per heavy atom. The summed E-state index contributed by atoms with van der Waals surface area (Å²) < 4.78 is 0. The van der Waals surface area contributed by atoms with E-state index in [0.29, 0.717) is 18.2 Å². The maximum absolute atomic E-state index is 12.3. The number of rotatable bonds is 4. The Labute approximate surface area is 135 Å². The highest BCUT2D eigenvalue weighted by atomic mass is 16.2. The van der Waals surface area contributed by atoms with Gasteiger partial charge in [0.05, 0.1) is 5.69 Å². The molecule has 0 unspecified atom stereocenters. The number of hydrazine groups is 1. The molecule has 1 aliphatic heterocycles. The third-order valence-corrected chi connectivity index (χ3v) is 4.37. The number of carbonyl (C=O) groups is 2. The summed E-state index contributed by atoms with van der Waals surface area (Å²) in [6, 6.07) is 7.55. The standard InChI is InChI=1S/C17H22N4O2/c1-12-6-8-14(9-7-12)21-15(22)11-18-16(20-21)17(23)19-10-13-4-2-3-5-13/h6-9,13H,2-5,10-11H2,1H3,(H,18,20)(H,19,23). The van der Waals surface area contributed by atoms with Crippen LogP contribution in [0.1, 0.15) is 31.2 Å². The van der Waals surface area contributed by atoms with Gasteiger partial charge in [-0.2, -0.15) is 0 Å². The van der Waals surface area contributed by atoms with Crippen LogP contribution in [0.15, 0.2) is 29.3 Å². The van der Waals surface area contributed by atoms with E-state index in [2.05, 4.69) is 15.7 Å². The van der Waals surface area contributed by atoms with Gasteiger partial charge in [-0.1, -0.05) is 30.5 Å². The molecule has 2 amide bonds. The molecule has 0 saturated heterocycles. The fraction of sp³-hybridized carbons (Fsp3) is 0.471. The van der Waals surface area contributed by atoms with Crippen molar-refractivity contribution in [3.05, 3.63) is 29.8 Å². The maximum Gasteiger partial charge on any atom is 0.288 e. The average Bonchev–Trinajstić information content (AvgIpc) is 3.07. The van der Waals surface area contributed by atoms with E-state index in [9.17, 15) is 9.59 Å². The number of nitrogens with one attached hydrogen (secondary N) is 2. The highest BCUT2D eigenvalue weighted by molar-refractivity contribution is 6.39. The molecule has 6 heteroatoms. The minimum Gasteiger partial charge on any atom is -0.349 e. The number of amides is 2. The Morgan fingerprint density at radius 2 is 2.00 bits per heavy atom. The van der Waals surface area contributed by atoms with Crippen LogP contribution in [-0.4, -0.2) is 30.7 Å². The van der Waals surface area contributed by atoms with Crippen LogP contribution in [0.2, 0.25) is 0 Å². The highest BCUT2D eigenvalue weighted by Crippen LogP contribution is 2.23. The van der Waals surface area contributed by atoms with Gasteiger partial charge in [0.15, 0.2) is 0 Å². The molecule has 1 saturated carbocycles. The quantitative estimate of drug-likeness (QED) is 0.885. The number of hydrogen-bond acceptors (Lipinski definition) is 4. The third-order valence-electron chi connectivity index (χ3n) is 4.37. The van der Waals surface area contributed by atoms with Gasteiger partial charge in [-0.25, -0.2) is 5.01 Å². The van der Waals surface area contributed by atoms with Crippen LogP contribution in [0, 0.1) is 12.8 Å². The van der Waals surface area contributed by atoms with Crippen molar-refractivity contribution in [3.8, 4) is 0 Å². The number of anilines is 1. The highest BCUT2D eigenvalue weighted by Gasteiger charge is 2.26. The van der Waals surface area contributed by atoms with Crippen LogP contribution in [0.25, 0.3) is 0 Å².